The van der Waals surface area contributed by atoms with Crippen molar-refractivity contribution in [2.75, 3.05) is 20.2 Å². The third-order valence-corrected chi connectivity index (χ3v) is 4.75. The predicted octanol–water partition coefficient (Wildman–Crippen LogP) is 4.02. The lowest BCUT2D eigenvalue weighted by molar-refractivity contribution is -0.130. The van der Waals surface area contributed by atoms with Crippen LogP contribution in [0.3, 0.4) is 0 Å². The van der Waals surface area contributed by atoms with Crippen molar-refractivity contribution in [2.45, 2.75) is 38.0 Å². The molecular weight excluding hydrogens is 302 g/mol. The van der Waals surface area contributed by atoms with E-state index in [1.807, 2.05) is 29.2 Å². The number of benzene rings is 1. The molecule has 24 heavy (non-hydrogen) atoms. The Hall–Kier alpha value is -2.23. The van der Waals surface area contributed by atoms with Gasteiger partial charge in [-0.25, -0.2) is 0 Å². The fourth-order valence-corrected chi connectivity index (χ4v) is 3.30. The summed E-state index contributed by atoms with van der Waals surface area (Å²) in [5.41, 5.74) is 1.29. The van der Waals surface area contributed by atoms with Gasteiger partial charge in [-0.1, -0.05) is 12.1 Å². The first-order valence-electron chi connectivity index (χ1n) is 8.70. The maximum Gasteiger partial charge on any atom is 0.222 e. The Morgan fingerprint density at radius 3 is 2.79 bits per heavy atom. The average molecular weight is 327 g/mol. The number of ether oxygens (including phenoxy) is 1. The minimum Gasteiger partial charge on any atom is -0.497 e. The topological polar surface area (TPSA) is 42.7 Å². The molecular formula is C20H25NO3. The average Bonchev–Trinajstić information content (AvgIpc) is 3.30. The third-order valence-electron chi connectivity index (χ3n) is 4.75. The van der Waals surface area contributed by atoms with Crippen molar-refractivity contribution in [3.8, 4) is 5.75 Å². The lowest BCUT2D eigenvalue weighted by atomic mass is 10.1. The van der Waals surface area contributed by atoms with Crippen LogP contribution in [-0.2, 0) is 11.2 Å². The second-order valence-corrected chi connectivity index (χ2v) is 6.40. The SMILES string of the molecule is COc1ccc(CCCCC(=O)N2CCC(c3ccco3)C2)cc1. The van der Waals surface area contributed by atoms with Crippen LogP contribution in [0.1, 0.15) is 42.9 Å². The lowest BCUT2D eigenvalue weighted by Gasteiger charge is -2.16. The zero-order chi connectivity index (χ0) is 16.8. The van der Waals surface area contributed by atoms with Gasteiger partial charge in [0.1, 0.15) is 11.5 Å². The molecule has 1 aromatic carbocycles. The fraction of sp³-hybridized carbons (Fsp3) is 0.450. The van der Waals surface area contributed by atoms with Crippen LogP contribution in [0.2, 0.25) is 0 Å². The molecule has 1 saturated heterocycles. The molecule has 0 radical (unpaired) electrons. The molecule has 128 valence electrons. The van der Waals surface area contributed by atoms with E-state index in [0.717, 1.165) is 50.3 Å². The minimum atomic E-state index is 0.277. The van der Waals surface area contributed by atoms with Gasteiger partial charge in [0.05, 0.1) is 13.4 Å². The molecule has 4 heteroatoms. The highest BCUT2D eigenvalue weighted by molar-refractivity contribution is 5.76. The number of carbonyl (C=O) groups excluding carboxylic acids is 1. The van der Waals surface area contributed by atoms with Crippen LogP contribution < -0.4 is 4.74 Å². The lowest BCUT2D eigenvalue weighted by Crippen LogP contribution is -2.28. The summed E-state index contributed by atoms with van der Waals surface area (Å²) in [5.74, 6) is 2.53. The van der Waals surface area contributed by atoms with Gasteiger partial charge in [0.25, 0.3) is 0 Å². The Kier molecular flexibility index (Phi) is 5.57. The van der Waals surface area contributed by atoms with Crippen LogP contribution in [-0.4, -0.2) is 31.0 Å². The van der Waals surface area contributed by atoms with E-state index in [0.29, 0.717) is 12.3 Å². The molecule has 3 rings (SSSR count). The standard InChI is InChI=1S/C20H25NO3/c1-23-18-10-8-16(9-11-18)5-2-3-7-20(22)21-13-12-17(15-21)19-6-4-14-24-19/h4,6,8-11,14,17H,2-3,5,7,12-13,15H2,1H3. The van der Waals surface area contributed by atoms with E-state index in [1.165, 1.54) is 5.56 Å². The van der Waals surface area contributed by atoms with Gasteiger partial charge in [0.15, 0.2) is 0 Å². The van der Waals surface area contributed by atoms with Gasteiger partial charge in [0, 0.05) is 25.4 Å². The van der Waals surface area contributed by atoms with Crippen LogP contribution in [0.4, 0.5) is 0 Å². The summed E-state index contributed by atoms with van der Waals surface area (Å²) in [5, 5.41) is 0. The molecule has 4 nitrogen and oxygen atoms in total. The Morgan fingerprint density at radius 2 is 2.08 bits per heavy atom. The fourth-order valence-electron chi connectivity index (χ4n) is 3.30. The first-order valence-corrected chi connectivity index (χ1v) is 8.70. The molecule has 1 amide bonds. The van der Waals surface area contributed by atoms with Crippen LogP contribution in [0.15, 0.2) is 47.1 Å². The second-order valence-electron chi connectivity index (χ2n) is 6.40. The van der Waals surface area contributed by atoms with Crippen LogP contribution in [0.5, 0.6) is 5.75 Å². The Balaban J connectivity index is 1.36. The number of hydrogen-bond donors (Lipinski definition) is 0. The summed E-state index contributed by atoms with van der Waals surface area (Å²) in [4.78, 5) is 14.3. The number of rotatable bonds is 7. The first kappa shape index (κ1) is 16.6. The Morgan fingerprint density at radius 1 is 1.25 bits per heavy atom. The molecule has 1 aromatic heterocycles. The number of aryl methyl sites for hydroxylation is 1. The molecule has 2 aromatic rings. The summed E-state index contributed by atoms with van der Waals surface area (Å²) in [6.45, 7) is 1.65. The predicted molar refractivity (Wildman–Crippen MR) is 93.2 cm³/mol. The highest BCUT2D eigenvalue weighted by Crippen LogP contribution is 2.28. The van der Waals surface area contributed by atoms with Gasteiger partial charge >= 0.3 is 0 Å². The number of carbonyl (C=O) groups is 1. The highest BCUT2D eigenvalue weighted by Gasteiger charge is 2.28. The van der Waals surface area contributed by atoms with Crippen molar-refractivity contribution in [1.82, 2.24) is 4.90 Å². The molecule has 0 saturated carbocycles. The van der Waals surface area contributed by atoms with Crippen molar-refractivity contribution < 1.29 is 13.9 Å². The quantitative estimate of drug-likeness (QED) is 0.721. The Bertz CT molecular complexity index is 633. The number of nitrogens with zero attached hydrogens (tertiary/aromatic N) is 1. The van der Waals surface area contributed by atoms with Gasteiger partial charge in [-0.15, -0.1) is 0 Å². The zero-order valence-electron chi connectivity index (χ0n) is 14.2. The van der Waals surface area contributed by atoms with Crippen LogP contribution in [0, 0.1) is 0 Å². The highest BCUT2D eigenvalue weighted by atomic mass is 16.5. The third kappa shape index (κ3) is 4.19. The molecule has 1 atom stereocenters. The molecule has 0 aliphatic carbocycles. The van der Waals surface area contributed by atoms with E-state index >= 15 is 0 Å². The van der Waals surface area contributed by atoms with Gasteiger partial charge in [0.2, 0.25) is 5.91 Å². The molecule has 0 spiro atoms. The van der Waals surface area contributed by atoms with E-state index in [1.54, 1.807) is 13.4 Å². The largest absolute Gasteiger partial charge is 0.497 e. The molecule has 2 heterocycles. The molecule has 0 N–H and O–H groups in total. The number of unbranched alkanes of at least 4 members (excludes halogenated alkanes) is 1. The number of furan rings is 1. The molecule has 0 bridgehead atoms. The van der Waals surface area contributed by atoms with E-state index in [9.17, 15) is 4.79 Å². The van der Waals surface area contributed by atoms with Gasteiger partial charge < -0.3 is 14.1 Å². The van der Waals surface area contributed by atoms with Crippen molar-refractivity contribution in [3.05, 3.63) is 54.0 Å². The molecule has 1 aliphatic rings. The maximum atomic E-state index is 12.3. The second kappa shape index (κ2) is 8.04. The number of methoxy groups -OCH3 is 1. The van der Waals surface area contributed by atoms with Crippen molar-refractivity contribution in [1.29, 1.82) is 0 Å². The molecule has 1 fully saturated rings. The van der Waals surface area contributed by atoms with E-state index in [2.05, 4.69) is 12.1 Å². The molecule has 1 aliphatic heterocycles. The summed E-state index contributed by atoms with van der Waals surface area (Å²) < 4.78 is 10.6. The van der Waals surface area contributed by atoms with Gasteiger partial charge in [-0.2, -0.15) is 0 Å². The smallest absolute Gasteiger partial charge is 0.222 e. The summed E-state index contributed by atoms with van der Waals surface area (Å²) in [6.07, 6.45) is 6.33. The van der Waals surface area contributed by atoms with E-state index in [4.69, 9.17) is 9.15 Å². The normalized spacial score (nSPS) is 17.2. The van der Waals surface area contributed by atoms with Crippen molar-refractivity contribution in [3.63, 3.8) is 0 Å². The summed E-state index contributed by atoms with van der Waals surface area (Å²) in [7, 11) is 1.68. The van der Waals surface area contributed by atoms with Crippen molar-refractivity contribution in [2.24, 2.45) is 0 Å². The van der Waals surface area contributed by atoms with Crippen LogP contribution >= 0.6 is 0 Å². The molecule has 1 unspecified atom stereocenters. The zero-order valence-corrected chi connectivity index (χ0v) is 14.2. The Labute approximate surface area is 143 Å². The minimum absolute atomic E-state index is 0.277. The maximum absolute atomic E-state index is 12.3. The van der Waals surface area contributed by atoms with Gasteiger partial charge in [-0.05, 0) is 55.5 Å². The summed E-state index contributed by atoms with van der Waals surface area (Å²) >= 11 is 0. The monoisotopic (exact) mass is 327 g/mol. The van der Waals surface area contributed by atoms with E-state index < -0.39 is 0 Å². The van der Waals surface area contributed by atoms with Crippen LogP contribution in [0.25, 0.3) is 0 Å². The van der Waals surface area contributed by atoms with Gasteiger partial charge in [-0.3, -0.25) is 4.79 Å². The number of likely N-dealkylation sites (tertiary alicyclic amines) is 1. The van der Waals surface area contributed by atoms with Crippen molar-refractivity contribution >= 4 is 5.91 Å². The number of hydrogen-bond acceptors (Lipinski definition) is 3. The van der Waals surface area contributed by atoms with E-state index in [-0.39, 0.29) is 5.91 Å². The summed E-state index contributed by atoms with van der Waals surface area (Å²) in [6, 6.07) is 12.1. The first-order chi connectivity index (χ1) is 11.8. The number of amides is 1.